The second kappa shape index (κ2) is 11.4. The van der Waals surface area contributed by atoms with Crippen LogP contribution in [0.3, 0.4) is 0 Å². The monoisotopic (exact) mass is 410 g/mol. The van der Waals surface area contributed by atoms with Crippen LogP contribution in [0.5, 0.6) is 11.5 Å². The topological polar surface area (TPSA) is 60.0 Å². The molecule has 1 aliphatic heterocycles. The lowest BCUT2D eigenvalue weighted by atomic mass is 10.2. The summed E-state index contributed by atoms with van der Waals surface area (Å²) in [6, 6.07) is 16.0. The number of carbonyl (C=O) groups excluding carboxylic acids is 1. The van der Waals surface area contributed by atoms with Crippen molar-refractivity contribution < 1.29 is 19.0 Å². The van der Waals surface area contributed by atoms with Crippen molar-refractivity contribution in [2.75, 3.05) is 40.0 Å². The highest BCUT2D eigenvalue weighted by atomic mass is 16.5. The average molecular weight is 411 g/mol. The first kappa shape index (κ1) is 21.9. The Hall–Kier alpha value is -2.83. The van der Waals surface area contributed by atoms with Crippen molar-refractivity contribution in [1.82, 2.24) is 10.2 Å². The van der Waals surface area contributed by atoms with Gasteiger partial charge in [0.2, 0.25) is 5.91 Å². The maximum absolute atomic E-state index is 12.2. The van der Waals surface area contributed by atoms with Crippen LogP contribution in [-0.4, -0.2) is 56.9 Å². The fourth-order valence-corrected chi connectivity index (χ4v) is 3.40. The van der Waals surface area contributed by atoms with Gasteiger partial charge in [-0.2, -0.15) is 0 Å². The summed E-state index contributed by atoms with van der Waals surface area (Å²) in [6.45, 7) is 6.23. The maximum Gasteiger partial charge on any atom is 0.244 e. The first-order chi connectivity index (χ1) is 14.7. The molecular weight excluding hydrogens is 380 g/mol. The molecule has 160 valence electrons. The standard InChI is InChI=1S/C24H30N2O4/c1-3-29-23-15-19(9-11-22(23)28-2)10-12-24(27)25-16-21-18-26(13-14-30-21)17-20-7-5-4-6-8-20/h4-12,15,21H,3,13-14,16-18H2,1-2H3,(H,25,27)/b12-10+. The van der Waals surface area contributed by atoms with Gasteiger partial charge in [-0.15, -0.1) is 0 Å². The van der Waals surface area contributed by atoms with Gasteiger partial charge in [0.1, 0.15) is 0 Å². The summed E-state index contributed by atoms with van der Waals surface area (Å²) in [4.78, 5) is 14.6. The van der Waals surface area contributed by atoms with Crippen LogP contribution in [0.4, 0.5) is 0 Å². The van der Waals surface area contributed by atoms with Crippen molar-refractivity contribution >= 4 is 12.0 Å². The number of nitrogens with zero attached hydrogens (tertiary/aromatic N) is 1. The highest BCUT2D eigenvalue weighted by molar-refractivity contribution is 5.91. The molecule has 2 aromatic rings. The molecule has 0 aliphatic carbocycles. The van der Waals surface area contributed by atoms with Crippen LogP contribution in [0, 0.1) is 0 Å². The third-order valence-electron chi connectivity index (χ3n) is 4.89. The van der Waals surface area contributed by atoms with Crippen LogP contribution >= 0.6 is 0 Å². The molecule has 2 aromatic carbocycles. The maximum atomic E-state index is 12.2. The molecule has 30 heavy (non-hydrogen) atoms. The molecule has 1 heterocycles. The number of morpholine rings is 1. The number of amides is 1. The Kier molecular flexibility index (Phi) is 8.30. The summed E-state index contributed by atoms with van der Waals surface area (Å²) in [6.07, 6.45) is 3.29. The molecule has 1 atom stereocenters. The number of ether oxygens (including phenoxy) is 3. The van der Waals surface area contributed by atoms with E-state index in [9.17, 15) is 4.79 Å². The molecule has 6 nitrogen and oxygen atoms in total. The van der Waals surface area contributed by atoms with Crippen molar-refractivity contribution in [2.45, 2.75) is 19.6 Å². The normalized spacial score (nSPS) is 17.1. The number of methoxy groups -OCH3 is 1. The first-order valence-corrected chi connectivity index (χ1v) is 10.3. The number of carbonyl (C=O) groups is 1. The minimum absolute atomic E-state index is 0.00893. The predicted molar refractivity (Wildman–Crippen MR) is 118 cm³/mol. The second-order valence-electron chi connectivity index (χ2n) is 7.14. The van der Waals surface area contributed by atoms with E-state index < -0.39 is 0 Å². The van der Waals surface area contributed by atoms with Gasteiger partial charge in [-0.25, -0.2) is 0 Å². The molecule has 3 rings (SSSR count). The van der Waals surface area contributed by atoms with Gasteiger partial charge in [0, 0.05) is 32.3 Å². The van der Waals surface area contributed by atoms with Crippen LogP contribution in [0.2, 0.25) is 0 Å². The van der Waals surface area contributed by atoms with Crippen LogP contribution < -0.4 is 14.8 Å². The van der Waals surface area contributed by atoms with Gasteiger partial charge >= 0.3 is 0 Å². The summed E-state index contributed by atoms with van der Waals surface area (Å²) in [5, 5.41) is 2.94. The Balaban J connectivity index is 1.47. The Morgan fingerprint density at radius 3 is 2.83 bits per heavy atom. The van der Waals surface area contributed by atoms with Crippen molar-refractivity contribution in [3.63, 3.8) is 0 Å². The van der Waals surface area contributed by atoms with Gasteiger partial charge < -0.3 is 19.5 Å². The first-order valence-electron chi connectivity index (χ1n) is 10.3. The van der Waals surface area contributed by atoms with Crippen LogP contribution in [-0.2, 0) is 16.1 Å². The van der Waals surface area contributed by atoms with Gasteiger partial charge in [-0.3, -0.25) is 9.69 Å². The Morgan fingerprint density at radius 1 is 1.23 bits per heavy atom. The van der Waals surface area contributed by atoms with Gasteiger partial charge in [0.25, 0.3) is 0 Å². The molecule has 1 aliphatic rings. The Labute approximate surface area is 178 Å². The lowest BCUT2D eigenvalue weighted by Gasteiger charge is -2.33. The Morgan fingerprint density at radius 2 is 2.07 bits per heavy atom. The molecule has 0 saturated carbocycles. The molecule has 0 radical (unpaired) electrons. The van der Waals surface area contributed by atoms with E-state index in [0.29, 0.717) is 31.3 Å². The fourth-order valence-electron chi connectivity index (χ4n) is 3.40. The zero-order valence-corrected chi connectivity index (χ0v) is 17.7. The highest BCUT2D eigenvalue weighted by Crippen LogP contribution is 2.28. The fraction of sp³-hybridized carbons (Fsp3) is 0.375. The number of benzene rings is 2. The van der Waals surface area contributed by atoms with E-state index in [4.69, 9.17) is 14.2 Å². The molecule has 0 spiro atoms. The highest BCUT2D eigenvalue weighted by Gasteiger charge is 2.20. The van der Waals surface area contributed by atoms with Gasteiger partial charge in [0.05, 0.1) is 26.4 Å². The summed E-state index contributed by atoms with van der Waals surface area (Å²) in [5.41, 5.74) is 2.16. The van der Waals surface area contributed by atoms with Crippen molar-refractivity contribution in [2.24, 2.45) is 0 Å². The summed E-state index contributed by atoms with van der Waals surface area (Å²) in [5.74, 6) is 1.19. The van der Waals surface area contributed by atoms with E-state index in [1.54, 1.807) is 13.2 Å². The Bertz CT molecular complexity index is 838. The third-order valence-corrected chi connectivity index (χ3v) is 4.89. The van der Waals surface area contributed by atoms with Crippen molar-refractivity contribution in [3.8, 4) is 11.5 Å². The molecule has 1 N–H and O–H groups in total. The van der Waals surface area contributed by atoms with E-state index in [2.05, 4.69) is 34.5 Å². The van der Waals surface area contributed by atoms with E-state index in [1.807, 2.05) is 31.2 Å². The minimum Gasteiger partial charge on any atom is -0.493 e. The van der Waals surface area contributed by atoms with Crippen molar-refractivity contribution in [1.29, 1.82) is 0 Å². The molecule has 1 fully saturated rings. The van der Waals surface area contributed by atoms with E-state index >= 15 is 0 Å². The van der Waals surface area contributed by atoms with Crippen LogP contribution in [0.15, 0.2) is 54.6 Å². The van der Waals surface area contributed by atoms with E-state index in [-0.39, 0.29) is 12.0 Å². The van der Waals surface area contributed by atoms with Crippen LogP contribution in [0.25, 0.3) is 6.08 Å². The lowest BCUT2D eigenvalue weighted by Crippen LogP contribution is -2.46. The predicted octanol–water partition coefficient (Wildman–Crippen LogP) is 3.12. The third kappa shape index (κ3) is 6.61. The molecule has 6 heteroatoms. The molecule has 1 saturated heterocycles. The molecule has 1 amide bonds. The lowest BCUT2D eigenvalue weighted by molar-refractivity contribution is -0.117. The molecular formula is C24H30N2O4. The molecule has 1 unspecified atom stereocenters. The smallest absolute Gasteiger partial charge is 0.244 e. The quantitative estimate of drug-likeness (QED) is 0.644. The molecule has 0 aromatic heterocycles. The largest absolute Gasteiger partial charge is 0.493 e. The average Bonchev–Trinajstić information content (AvgIpc) is 2.77. The summed E-state index contributed by atoms with van der Waals surface area (Å²) >= 11 is 0. The zero-order chi connectivity index (χ0) is 21.2. The van der Waals surface area contributed by atoms with Crippen LogP contribution in [0.1, 0.15) is 18.1 Å². The zero-order valence-electron chi connectivity index (χ0n) is 17.7. The van der Waals surface area contributed by atoms with E-state index in [0.717, 1.165) is 25.2 Å². The number of rotatable bonds is 9. The SMILES string of the molecule is CCOc1cc(/C=C/C(=O)NCC2CN(Cc3ccccc3)CCO2)ccc1OC. The van der Waals surface area contributed by atoms with Gasteiger partial charge in [-0.1, -0.05) is 36.4 Å². The van der Waals surface area contributed by atoms with Crippen molar-refractivity contribution in [3.05, 3.63) is 65.7 Å². The van der Waals surface area contributed by atoms with Gasteiger partial charge in [-0.05, 0) is 36.3 Å². The number of nitrogens with one attached hydrogen (secondary N) is 1. The number of hydrogen-bond donors (Lipinski definition) is 1. The van der Waals surface area contributed by atoms with Gasteiger partial charge in [0.15, 0.2) is 11.5 Å². The second-order valence-corrected chi connectivity index (χ2v) is 7.14. The summed E-state index contributed by atoms with van der Waals surface area (Å²) < 4.78 is 16.7. The van der Waals surface area contributed by atoms with E-state index in [1.165, 1.54) is 11.6 Å². The molecule has 0 bridgehead atoms. The summed E-state index contributed by atoms with van der Waals surface area (Å²) in [7, 11) is 1.61. The minimum atomic E-state index is -0.146. The number of hydrogen-bond acceptors (Lipinski definition) is 5.